The van der Waals surface area contributed by atoms with Crippen LogP contribution in [0.1, 0.15) is 46.0 Å². The van der Waals surface area contributed by atoms with Crippen molar-refractivity contribution in [1.82, 2.24) is 9.62 Å². The van der Waals surface area contributed by atoms with Crippen molar-refractivity contribution in [3.05, 3.63) is 0 Å². The van der Waals surface area contributed by atoms with E-state index >= 15 is 0 Å². The van der Waals surface area contributed by atoms with Gasteiger partial charge in [-0.3, -0.25) is 0 Å². The summed E-state index contributed by atoms with van der Waals surface area (Å²) >= 11 is 0. The number of sulfonamides is 1. The van der Waals surface area contributed by atoms with Crippen LogP contribution in [-0.4, -0.2) is 44.2 Å². The average molecular weight is 262 g/mol. The largest absolute Gasteiger partial charge is 0.315 e. The quantitative estimate of drug-likeness (QED) is 0.709. The van der Waals surface area contributed by atoms with Crippen LogP contribution in [0, 0.1) is 0 Å². The SMILES string of the molecule is CC(C)NCCCCS(=O)(=O)N1CCCCC1. The topological polar surface area (TPSA) is 49.4 Å². The first-order chi connectivity index (χ1) is 8.02. The van der Waals surface area contributed by atoms with Gasteiger partial charge in [0, 0.05) is 19.1 Å². The molecule has 1 rings (SSSR count). The Labute approximate surface area is 106 Å². The lowest BCUT2D eigenvalue weighted by Gasteiger charge is -2.25. The molecule has 0 aromatic heterocycles. The maximum Gasteiger partial charge on any atom is 0.214 e. The van der Waals surface area contributed by atoms with Gasteiger partial charge >= 0.3 is 0 Å². The minimum atomic E-state index is -2.98. The maximum atomic E-state index is 12.0. The molecule has 5 heteroatoms. The average Bonchev–Trinajstić information content (AvgIpc) is 2.29. The molecule has 0 aliphatic carbocycles. The summed E-state index contributed by atoms with van der Waals surface area (Å²) in [6, 6.07) is 0.480. The van der Waals surface area contributed by atoms with Crippen LogP contribution in [-0.2, 0) is 10.0 Å². The number of piperidine rings is 1. The molecule has 1 aliphatic rings. The van der Waals surface area contributed by atoms with Gasteiger partial charge in [-0.1, -0.05) is 20.3 Å². The number of unbranched alkanes of at least 4 members (excludes halogenated alkanes) is 1. The van der Waals surface area contributed by atoms with Crippen LogP contribution in [0.5, 0.6) is 0 Å². The Hall–Kier alpha value is -0.130. The predicted octanol–water partition coefficient (Wildman–Crippen LogP) is 1.58. The van der Waals surface area contributed by atoms with E-state index in [4.69, 9.17) is 0 Å². The fourth-order valence-corrected chi connectivity index (χ4v) is 3.71. The monoisotopic (exact) mass is 262 g/mol. The van der Waals surface area contributed by atoms with Crippen molar-refractivity contribution in [2.75, 3.05) is 25.4 Å². The van der Waals surface area contributed by atoms with Crippen molar-refractivity contribution >= 4 is 10.0 Å². The van der Waals surface area contributed by atoms with Crippen molar-refractivity contribution in [3.8, 4) is 0 Å². The summed E-state index contributed by atoms with van der Waals surface area (Å²) in [5.41, 5.74) is 0. The molecule has 1 fully saturated rings. The van der Waals surface area contributed by atoms with Crippen LogP contribution in [0.3, 0.4) is 0 Å². The fraction of sp³-hybridized carbons (Fsp3) is 1.00. The second-order valence-electron chi connectivity index (χ2n) is 5.09. The van der Waals surface area contributed by atoms with Gasteiger partial charge in [0.2, 0.25) is 10.0 Å². The van der Waals surface area contributed by atoms with E-state index in [0.717, 1.165) is 45.3 Å². The Morgan fingerprint density at radius 3 is 2.35 bits per heavy atom. The highest BCUT2D eigenvalue weighted by atomic mass is 32.2. The first kappa shape index (κ1) is 14.9. The van der Waals surface area contributed by atoms with Crippen molar-refractivity contribution in [1.29, 1.82) is 0 Å². The van der Waals surface area contributed by atoms with Crippen molar-refractivity contribution < 1.29 is 8.42 Å². The standard InChI is InChI=1S/C12H26N2O2S/c1-12(2)13-8-4-7-11-17(15,16)14-9-5-3-6-10-14/h12-13H,3-11H2,1-2H3. The summed E-state index contributed by atoms with van der Waals surface area (Å²) in [4.78, 5) is 0. The molecule has 1 saturated heterocycles. The minimum Gasteiger partial charge on any atom is -0.315 e. The molecule has 1 N–H and O–H groups in total. The number of nitrogens with zero attached hydrogens (tertiary/aromatic N) is 1. The summed E-state index contributed by atoms with van der Waals surface area (Å²) in [5, 5.41) is 3.30. The van der Waals surface area contributed by atoms with Crippen molar-refractivity contribution in [2.45, 2.75) is 52.0 Å². The number of hydrogen-bond acceptors (Lipinski definition) is 3. The molecular formula is C12H26N2O2S. The Balaban J connectivity index is 2.20. The molecule has 1 aliphatic heterocycles. The van der Waals surface area contributed by atoms with E-state index < -0.39 is 10.0 Å². The maximum absolute atomic E-state index is 12.0. The predicted molar refractivity (Wildman–Crippen MR) is 71.6 cm³/mol. The molecule has 0 atom stereocenters. The molecule has 102 valence electrons. The van der Waals surface area contributed by atoms with E-state index in [1.165, 1.54) is 6.42 Å². The number of rotatable bonds is 7. The summed E-state index contributed by atoms with van der Waals surface area (Å²) in [7, 11) is -2.98. The third-order valence-corrected chi connectivity index (χ3v) is 5.05. The molecular weight excluding hydrogens is 236 g/mol. The van der Waals surface area contributed by atoms with Gasteiger partial charge in [0.05, 0.1) is 5.75 Å². The summed E-state index contributed by atoms with van der Waals surface area (Å²) < 4.78 is 25.6. The molecule has 0 amide bonds. The third kappa shape index (κ3) is 5.84. The van der Waals surface area contributed by atoms with Gasteiger partial charge < -0.3 is 5.32 Å². The highest BCUT2D eigenvalue weighted by Crippen LogP contribution is 2.14. The summed E-state index contributed by atoms with van der Waals surface area (Å²) in [6.07, 6.45) is 4.91. The lowest BCUT2D eigenvalue weighted by Crippen LogP contribution is -2.37. The van der Waals surface area contributed by atoms with Crippen LogP contribution in [0.25, 0.3) is 0 Å². The van der Waals surface area contributed by atoms with E-state index in [-0.39, 0.29) is 0 Å². The third-order valence-electron chi connectivity index (χ3n) is 3.09. The Bertz CT molecular complexity index is 296. The highest BCUT2D eigenvalue weighted by molar-refractivity contribution is 7.89. The van der Waals surface area contributed by atoms with Crippen molar-refractivity contribution in [2.24, 2.45) is 0 Å². The van der Waals surface area contributed by atoms with E-state index in [2.05, 4.69) is 19.2 Å². The molecule has 1 heterocycles. The van der Waals surface area contributed by atoms with Crippen molar-refractivity contribution in [3.63, 3.8) is 0 Å². The van der Waals surface area contributed by atoms with Gasteiger partial charge in [-0.25, -0.2) is 12.7 Å². The van der Waals surface area contributed by atoms with Gasteiger partial charge in [0.15, 0.2) is 0 Å². The highest BCUT2D eigenvalue weighted by Gasteiger charge is 2.22. The molecule has 0 radical (unpaired) electrons. The zero-order chi connectivity index (χ0) is 12.7. The van der Waals surface area contributed by atoms with Crippen LogP contribution in [0.15, 0.2) is 0 Å². The molecule has 0 spiro atoms. The number of hydrogen-bond donors (Lipinski definition) is 1. The number of nitrogens with one attached hydrogen (secondary N) is 1. The Morgan fingerprint density at radius 2 is 1.76 bits per heavy atom. The first-order valence-electron chi connectivity index (χ1n) is 6.73. The molecule has 0 unspecified atom stereocenters. The smallest absolute Gasteiger partial charge is 0.214 e. The van der Waals surface area contributed by atoms with Crippen LogP contribution >= 0.6 is 0 Å². The van der Waals surface area contributed by atoms with E-state index in [1.54, 1.807) is 4.31 Å². The summed E-state index contributed by atoms with van der Waals surface area (Å²) in [5.74, 6) is 0.312. The van der Waals surface area contributed by atoms with E-state index in [1.807, 2.05) is 0 Å². The van der Waals surface area contributed by atoms with Gasteiger partial charge in [-0.15, -0.1) is 0 Å². The molecule has 0 aromatic carbocycles. The Kier molecular flexibility index (Phi) is 6.44. The van der Waals surface area contributed by atoms with Gasteiger partial charge in [-0.2, -0.15) is 0 Å². The fourth-order valence-electron chi connectivity index (χ4n) is 2.07. The second-order valence-corrected chi connectivity index (χ2v) is 7.18. The minimum absolute atomic E-state index is 0.312. The lowest BCUT2D eigenvalue weighted by atomic mass is 10.2. The van der Waals surface area contributed by atoms with E-state index in [0.29, 0.717) is 11.8 Å². The molecule has 0 bridgehead atoms. The van der Waals surface area contributed by atoms with E-state index in [9.17, 15) is 8.42 Å². The first-order valence-corrected chi connectivity index (χ1v) is 8.34. The van der Waals surface area contributed by atoms with Crippen LogP contribution in [0.2, 0.25) is 0 Å². The Morgan fingerprint density at radius 1 is 1.12 bits per heavy atom. The lowest BCUT2D eigenvalue weighted by molar-refractivity contribution is 0.346. The summed E-state index contributed by atoms with van der Waals surface area (Å²) in [6.45, 7) is 6.57. The van der Waals surface area contributed by atoms with Gasteiger partial charge in [-0.05, 0) is 32.2 Å². The molecule has 4 nitrogen and oxygen atoms in total. The van der Waals surface area contributed by atoms with Gasteiger partial charge in [0.25, 0.3) is 0 Å². The zero-order valence-electron chi connectivity index (χ0n) is 11.1. The van der Waals surface area contributed by atoms with Crippen LogP contribution < -0.4 is 5.32 Å². The normalized spacial score (nSPS) is 18.8. The molecule has 0 aromatic rings. The van der Waals surface area contributed by atoms with Crippen LogP contribution in [0.4, 0.5) is 0 Å². The van der Waals surface area contributed by atoms with Gasteiger partial charge in [0.1, 0.15) is 0 Å². The zero-order valence-corrected chi connectivity index (χ0v) is 11.9. The molecule has 17 heavy (non-hydrogen) atoms. The second kappa shape index (κ2) is 7.34. The molecule has 0 saturated carbocycles.